The average Bonchev–Trinajstić information content (AvgIpc) is 2.84. The Kier molecular flexibility index (Phi) is 8.88. The number of carbonyl (C=O) groups is 1. The molecule has 0 radical (unpaired) electrons. The first-order valence-electron chi connectivity index (χ1n) is 11.7. The number of esters is 1. The van der Waals surface area contributed by atoms with Crippen LogP contribution in [0.5, 0.6) is 0 Å². The first-order chi connectivity index (χ1) is 16.3. The molecular weight excluding hydrogens is 444 g/mol. The summed E-state index contributed by atoms with van der Waals surface area (Å²) in [5.41, 5.74) is 0.499. The molecule has 5 nitrogen and oxygen atoms in total. The normalized spacial score (nSPS) is 18.9. The van der Waals surface area contributed by atoms with Crippen LogP contribution in [0.2, 0.25) is 5.04 Å². The molecule has 0 spiro atoms. The molecule has 182 valence electrons. The predicted molar refractivity (Wildman–Crippen MR) is 137 cm³/mol. The zero-order valence-electron chi connectivity index (χ0n) is 20.7. The van der Waals surface area contributed by atoms with E-state index in [0.717, 1.165) is 0 Å². The summed E-state index contributed by atoms with van der Waals surface area (Å²) in [5.74, 6) is -0.537. The van der Waals surface area contributed by atoms with E-state index in [1.807, 2.05) is 18.2 Å². The number of cyclic esters (lactones) is 1. The van der Waals surface area contributed by atoms with Gasteiger partial charge in [0.2, 0.25) is 0 Å². The monoisotopic (exact) mass is 480 g/mol. The zero-order valence-corrected chi connectivity index (χ0v) is 21.7. The van der Waals surface area contributed by atoms with Crippen LogP contribution in [-0.2, 0) is 23.4 Å². The smallest absolute Gasteiger partial charge is 0.337 e. The molecule has 1 aliphatic rings. The van der Waals surface area contributed by atoms with Crippen molar-refractivity contribution in [1.29, 1.82) is 0 Å². The Labute approximate surface area is 204 Å². The van der Waals surface area contributed by atoms with Gasteiger partial charge in [-0.1, -0.05) is 87.5 Å². The third-order valence-corrected chi connectivity index (χ3v) is 11.4. The van der Waals surface area contributed by atoms with Gasteiger partial charge in [0.25, 0.3) is 8.32 Å². The van der Waals surface area contributed by atoms with E-state index in [4.69, 9.17) is 18.6 Å². The van der Waals surface area contributed by atoms with Gasteiger partial charge in [0.15, 0.2) is 6.79 Å². The Morgan fingerprint density at radius 1 is 1.09 bits per heavy atom. The zero-order chi connectivity index (χ0) is 24.6. The van der Waals surface area contributed by atoms with E-state index in [0.29, 0.717) is 25.2 Å². The minimum Gasteiger partial charge on any atom is -0.475 e. The van der Waals surface area contributed by atoms with E-state index in [-0.39, 0.29) is 29.6 Å². The first-order valence-corrected chi connectivity index (χ1v) is 13.6. The Balaban J connectivity index is 1.99. The van der Waals surface area contributed by atoms with Crippen molar-refractivity contribution >= 4 is 24.7 Å². The summed E-state index contributed by atoms with van der Waals surface area (Å²) in [5, 5.41) is 2.31. The van der Waals surface area contributed by atoms with Crippen LogP contribution in [0.4, 0.5) is 0 Å². The molecule has 0 aromatic heterocycles. The SMILES string of the molecule is C=C[C@@H](CO[Si](c1ccccc1)(c1ccccc1)C(C)(C)C)[C@@H]1CCOC(=O)/C1=C/OCOC. The molecule has 34 heavy (non-hydrogen) atoms. The molecule has 0 aliphatic carbocycles. The minimum atomic E-state index is -2.70. The average molecular weight is 481 g/mol. The van der Waals surface area contributed by atoms with E-state index in [1.54, 1.807) is 7.11 Å². The molecule has 0 amide bonds. The third kappa shape index (κ3) is 5.51. The second kappa shape index (κ2) is 11.6. The van der Waals surface area contributed by atoms with Gasteiger partial charge in [0.05, 0.1) is 18.4 Å². The van der Waals surface area contributed by atoms with Crippen LogP contribution in [-0.4, -0.2) is 41.4 Å². The van der Waals surface area contributed by atoms with E-state index in [2.05, 4.69) is 75.9 Å². The maximum Gasteiger partial charge on any atom is 0.337 e. The molecule has 2 aromatic rings. The van der Waals surface area contributed by atoms with E-state index in [1.165, 1.54) is 16.6 Å². The van der Waals surface area contributed by atoms with Gasteiger partial charge in [-0.15, -0.1) is 6.58 Å². The molecule has 2 atom stereocenters. The summed E-state index contributed by atoms with van der Waals surface area (Å²) in [6.45, 7) is 11.7. The lowest BCUT2D eigenvalue weighted by Crippen LogP contribution is -2.67. The Bertz CT molecular complexity index is 926. The molecule has 0 unspecified atom stereocenters. The fourth-order valence-corrected chi connectivity index (χ4v) is 9.37. The largest absolute Gasteiger partial charge is 0.475 e. The summed E-state index contributed by atoms with van der Waals surface area (Å²) < 4.78 is 22.8. The van der Waals surface area contributed by atoms with Crippen LogP contribution < -0.4 is 10.4 Å². The van der Waals surface area contributed by atoms with Gasteiger partial charge in [0.1, 0.15) is 0 Å². The first kappa shape index (κ1) is 25.9. The number of hydrogen-bond donors (Lipinski definition) is 0. The molecule has 6 heteroatoms. The second-order valence-electron chi connectivity index (χ2n) is 9.55. The minimum absolute atomic E-state index is 0.0703. The Hall–Kier alpha value is -2.67. The van der Waals surface area contributed by atoms with Gasteiger partial charge in [-0.25, -0.2) is 4.79 Å². The van der Waals surface area contributed by atoms with Gasteiger partial charge < -0.3 is 18.6 Å². The van der Waals surface area contributed by atoms with Gasteiger partial charge in [-0.3, -0.25) is 0 Å². The van der Waals surface area contributed by atoms with Crippen LogP contribution in [0, 0.1) is 11.8 Å². The number of rotatable bonds is 10. The highest BCUT2D eigenvalue weighted by Gasteiger charge is 2.50. The van der Waals surface area contributed by atoms with Crippen molar-refractivity contribution in [3.63, 3.8) is 0 Å². The van der Waals surface area contributed by atoms with Gasteiger partial charge in [0, 0.05) is 25.6 Å². The van der Waals surface area contributed by atoms with Crippen LogP contribution >= 0.6 is 0 Å². The van der Waals surface area contributed by atoms with E-state index < -0.39 is 8.32 Å². The molecule has 2 aromatic carbocycles. The predicted octanol–water partition coefficient (Wildman–Crippen LogP) is 4.43. The lowest BCUT2D eigenvalue weighted by Gasteiger charge is -2.44. The summed E-state index contributed by atoms with van der Waals surface area (Å²) in [4.78, 5) is 12.5. The highest BCUT2D eigenvalue weighted by atomic mass is 28.4. The maximum absolute atomic E-state index is 12.5. The van der Waals surface area contributed by atoms with Crippen LogP contribution in [0.25, 0.3) is 0 Å². The summed E-state index contributed by atoms with van der Waals surface area (Å²) in [6, 6.07) is 21.1. The number of benzene rings is 2. The van der Waals surface area contributed by atoms with Crippen molar-refractivity contribution in [2.45, 2.75) is 32.2 Å². The molecule has 0 bridgehead atoms. The maximum atomic E-state index is 12.5. The van der Waals surface area contributed by atoms with Crippen molar-refractivity contribution in [1.82, 2.24) is 0 Å². The molecule has 1 aliphatic heterocycles. The van der Waals surface area contributed by atoms with Crippen LogP contribution in [0.1, 0.15) is 27.2 Å². The van der Waals surface area contributed by atoms with Gasteiger partial charge in [-0.2, -0.15) is 0 Å². The molecule has 1 fully saturated rings. The highest BCUT2D eigenvalue weighted by molar-refractivity contribution is 6.99. The van der Waals surface area contributed by atoms with Crippen molar-refractivity contribution in [2.75, 3.05) is 27.1 Å². The number of methoxy groups -OCH3 is 1. The molecule has 0 saturated carbocycles. The fourth-order valence-electron chi connectivity index (χ4n) is 4.77. The standard InChI is InChI=1S/C28H36O5Si/c1-6-22(25-17-18-32-27(29)26(25)20-31-21-30-5)19-33-34(28(2,3)4,23-13-9-7-10-14-23)24-15-11-8-12-16-24/h6-16,20,22,25H,1,17-19,21H2,2-5H3/b26-20+/t22-,25-/m0/s1. The van der Waals surface area contributed by atoms with Gasteiger partial charge in [-0.05, 0) is 21.8 Å². The fraction of sp³-hybridized carbons (Fsp3) is 0.393. The molecule has 0 N–H and O–H groups in total. The quantitative estimate of drug-likeness (QED) is 0.0958. The molecule has 1 saturated heterocycles. The summed E-state index contributed by atoms with van der Waals surface area (Å²) >= 11 is 0. The van der Waals surface area contributed by atoms with Crippen molar-refractivity contribution < 1.29 is 23.4 Å². The lowest BCUT2D eigenvalue weighted by molar-refractivity contribution is -0.143. The Morgan fingerprint density at radius 2 is 1.68 bits per heavy atom. The number of ether oxygens (including phenoxy) is 3. The van der Waals surface area contributed by atoms with Gasteiger partial charge >= 0.3 is 5.97 Å². The van der Waals surface area contributed by atoms with E-state index >= 15 is 0 Å². The highest BCUT2D eigenvalue weighted by Crippen LogP contribution is 2.38. The van der Waals surface area contributed by atoms with Crippen molar-refractivity contribution in [3.05, 3.63) is 85.2 Å². The number of carbonyl (C=O) groups excluding carboxylic acids is 1. The second-order valence-corrected chi connectivity index (χ2v) is 13.9. The number of hydrogen-bond acceptors (Lipinski definition) is 5. The topological polar surface area (TPSA) is 54.0 Å². The molecule has 1 heterocycles. The lowest BCUT2D eigenvalue weighted by atomic mass is 9.83. The third-order valence-electron chi connectivity index (χ3n) is 6.42. The van der Waals surface area contributed by atoms with Crippen molar-refractivity contribution in [3.8, 4) is 0 Å². The summed E-state index contributed by atoms with van der Waals surface area (Å²) in [7, 11) is -1.16. The van der Waals surface area contributed by atoms with E-state index in [9.17, 15) is 4.79 Å². The van der Waals surface area contributed by atoms with Crippen LogP contribution in [0.3, 0.4) is 0 Å². The molecule has 3 rings (SSSR count). The summed E-state index contributed by atoms with van der Waals surface area (Å²) in [6.07, 6.45) is 4.05. The van der Waals surface area contributed by atoms with Crippen LogP contribution in [0.15, 0.2) is 85.2 Å². The molecular formula is C28H36O5Si. The Morgan fingerprint density at radius 3 is 2.18 bits per heavy atom. The van der Waals surface area contributed by atoms with Crippen molar-refractivity contribution in [2.24, 2.45) is 11.8 Å².